The van der Waals surface area contributed by atoms with Gasteiger partial charge in [-0.1, -0.05) is 15.9 Å². The Morgan fingerprint density at radius 1 is 1.33 bits per heavy atom. The van der Waals surface area contributed by atoms with Crippen molar-refractivity contribution in [2.75, 3.05) is 26.4 Å². The predicted molar refractivity (Wildman–Crippen MR) is 75.9 cm³/mol. The molecule has 0 aliphatic carbocycles. The van der Waals surface area contributed by atoms with Gasteiger partial charge in [-0.2, -0.15) is 0 Å². The largest absolute Gasteiger partial charge is 0.493 e. The van der Waals surface area contributed by atoms with Crippen molar-refractivity contribution in [3.8, 4) is 5.75 Å². The third-order valence-corrected chi connectivity index (χ3v) is 4.03. The van der Waals surface area contributed by atoms with Gasteiger partial charge in [0.15, 0.2) is 0 Å². The lowest BCUT2D eigenvalue weighted by molar-refractivity contribution is 0.0497. The Labute approximate surface area is 117 Å². The first kappa shape index (κ1) is 13.8. The molecule has 18 heavy (non-hydrogen) atoms. The number of rotatable bonds is 5. The van der Waals surface area contributed by atoms with Crippen LogP contribution in [-0.4, -0.2) is 26.4 Å². The normalized spacial score (nSPS) is 16.8. The molecule has 1 saturated heterocycles. The molecule has 0 unspecified atom stereocenters. The minimum absolute atomic E-state index is 0.625. The summed E-state index contributed by atoms with van der Waals surface area (Å²) in [6, 6.07) is 6.12. The number of hydrogen-bond donors (Lipinski definition) is 1. The van der Waals surface area contributed by atoms with E-state index in [4.69, 9.17) is 15.2 Å². The molecule has 0 saturated carbocycles. The van der Waals surface area contributed by atoms with E-state index in [9.17, 15) is 0 Å². The van der Waals surface area contributed by atoms with E-state index in [0.717, 1.165) is 49.3 Å². The first-order valence-corrected chi connectivity index (χ1v) is 7.28. The van der Waals surface area contributed by atoms with E-state index in [1.807, 2.05) is 12.1 Å². The van der Waals surface area contributed by atoms with Gasteiger partial charge in [-0.3, -0.25) is 0 Å². The molecule has 1 aromatic rings. The number of nitrogens with two attached hydrogens (primary N) is 1. The highest BCUT2D eigenvalue weighted by molar-refractivity contribution is 9.10. The zero-order chi connectivity index (χ0) is 12.8. The molecule has 1 aliphatic heterocycles. The van der Waals surface area contributed by atoms with E-state index in [1.54, 1.807) is 0 Å². The van der Waals surface area contributed by atoms with Crippen LogP contribution in [0.3, 0.4) is 0 Å². The van der Waals surface area contributed by atoms with Gasteiger partial charge < -0.3 is 15.2 Å². The second-order valence-corrected chi connectivity index (χ2v) is 5.51. The second kappa shape index (κ2) is 7.12. The van der Waals surface area contributed by atoms with Crippen LogP contribution < -0.4 is 10.5 Å². The van der Waals surface area contributed by atoms with Crippen molar-refractivity contribution in [2.45, 2.75) is 19.3 Å². The molecular weight excluding hydrogens is 294 g/mol. The van der Waals surface area contributed by atoms with Crippen molar-refractivity contribution in [2.24, 2.45) is 11.7 Å². The molecule has 0 aromatic heterocycles. The molecule has 0 radical (unpaired) electrons. The minimum atomic E-state index is 0.625. The Balaban J connectivity index is 1.90. The summed E-state index contributed by atoms with van der Waals surface area (Å²) in [5.74, 6) is 1.56. The fourth-order valence-electron chi connectivity index (χ4n) is 2.12. The highest BCUT2D eigenvalue weighted by Crippen LogP contribution is 2.24. The first-order chi connectivity index (χ1) is 8.79. The van der Waals surface area contributed by atoms with E-state index in [-0.39, 0.29) is 0 Å². The maximum Gasteiger partial charge on any atom is 0.119 e. The SMILES string of the molecule is NCCc1cc(OCC2CCOCC2)ccc1Br. The fraction of sp³-hybridized carbons (Fsp3) is 0.571. The van der Waals surface area contributed by atoms with E-state index < -0.39 is 0 Å². The van der Waals surface area contributed by atoms with Crippen LogP contribution in [0.1, 0.15) is 18.4 Å². The molecular formula is C14H20BrNO2. The average molecular weight is 314 g/mol. The van der Waals surface area contributed by atoms with Crippen LogP contribution in [0, 0.1) is 5.92 Å². The summed E-state index contributed by atoms with van der Waals surface area (Å²) in [6.07, 6.45) is 3.08. The van der Waals surface area contributed by atoms with Gasteiger partial charge in [0.05, 0.1) is 6.61 Å². The maximum atomic E-state index is 5.87. The Morgan fingerprint density at radius 2 is 2.11 bits per heavy atom. The minimum Gasteiger partial charge on any atom is -0.493 e. The van der Waals surface area contributed by atoms with Crippen LogP contribution in [0.15, 0.2) is 22.7 Å². The van der Waals surface area contributed by atoms with Crippen LogP contribution >= 0.6 is 15.9 Å². The monoisotopic (exact) mass is 313 g/mol. The van der Waals surface area contributed by atoms with Crippen LogP contribution in [0.2, 0.25) is 0 Å². The van der Waals surface area contributed by atoms with Gasteiger partial charge >= 0.3 is 0 Å². The van der Waals surface area contributed by atoms with Gasteiger partial charge in [-0.25, -0.2) is 0 Å². The quantitative estimate of drug-likeness (QED) is 0.909. The molecule has 1 aliphatic rings. The molecule has 0 amide bonds. The van der Waals surface area contributed by atoms with Gasteiger partial charge in [0.2, 0.25) is 0 Å². The number of benzene rings is 1. The molecule has 2 N–H and O–H groups in total. The molecule has 1 fully saturated rings. The lowest BCUT2D eigenvalue weighted by Crippen LogP contribution is -2.21. The maximum absolute atomic E-state index is 5.87. The fourth-order valence-corrected chi connectivity index (χ4v) is 2.56. The predicted octanol–water partition coefficient (Wildman–Crippen LogP) is 2.76. The van der Waals surface area contributed by atoms with Gasteiger partial charge in [0.1, 0.15) is 5.75 Å². The molecule has 0 bridgehead atoms. The Hall–Kier alpha value is -0.580. The summed E-state index contributed by atoms with van der Waals surface area (Å²) in [6.45, 7) is 3.18. The number of ether oxygens (including phenoxy) is 2. The summed E-state index contributed by atoms with van der Waals surface area (Å²) in [4.78, 5) is 0. The van der Waals surface area contributed by atoms with Gasteiger partial charge in [-0.05, 0) is 55.5 Å². The summed E-state index contributed by atoms with van der Waals surface area (Å²) in [5.41, 5.74) is 6.81. The molecule has 100 valence electrons. The zero-order valence-corrected chi connectivity index (χ0v) is 12.1. The van der Waals surface area contributed by atoms with Crippen molar-refractivity contribution in [1.29, 1.82) is 0 Å². The summed E-state index contributed by atoms with van der Waals surface area (Å²) < 4.78 is 12.3. The third kappa shape index (κ3) is 3.97. The standard InChI is InChI=1S/C14H20BrNO2/c15-14-2-1-13(9-12(14)3-6-16)18-10-11-4-7-17-8-5-11/h1-2,9,11H,3-8,10,16H2. The molecule has 1 aromatic carbocycles. The van der Waals surface area contributed by atoms with Crippen molar-refractivity contribution < 1.29 is 9.47 Å². The highest BCUT2D eigenvalue weighted by atomic mass is 79.9. The third-order valence-electron chi connectivity index (χ3n) is 3.26. The second-order valence-electron chi connectivity index (χ2n) is 4.66. The summed E-state index contributed by atoms with van der Waals surface area (Å²) in [7, 11) is 0. The van der Waals surface area contributed by atoms with Crippen LogP contribution in [-0.2, 0) is 11.2 Å². The van der Waals surface area contributed by atoms with E-state index in [0.29, 0.717) is 12.5 Å². The van der Waals surface area contributed by atoms with E-state index in [1.165, 1.54) is 5.56 Å². The lowest BCUT2D eigenvalue weighted by Gasteiger charge is -2.22. The van der Waals surface area contributed by atoms with E-state index in [2.05, 4.69) is 22.0 Å². The molecule has 1 heterocycles. The van der Waals surface area contributed by atoms with Gasteiger partial charge in [0, 0.05) is 17.7 Å². The lowest BCUT2D eigenvalue weighted by atomic mass is 10.0. The Morgan fingerprint density at radius 3 is 2.83 bits per heavy atom. The topological polar surface area (TPSA) is 44.5 Å². The van der Waals surface area contributed by atoms with Gasteiger partial charge in [-0.15, -0.1) is 0 Å². The Bertz CT molecular complexity index is 378. The summed E-state index contributed by atoms with van der Waals surface area (Å²) >= 11 is 3.53. The molecule has 2 rings (SSSR count). The van der Waals surface area contributed by atoms with Crippen LogP contribution in [0.25, 0.3) is 0 Å². The van der Waals surface area contributed by atoms with Crippen molar-refractivity contribution in [1.82, 2.24) is 0 Å². The van der Waals surface area contributed by atoms with E-state index >= 15 is 0 Å². The van der Waals surface area contributed by atoms with Crippen molar-refractivity contribution in [3.05, 3.63) is 28.2 Å². The highest BCUT2D eigenvalue weighted by Gasteiger charge is 2.14. The van der Waals surface area contributed by atoms with Crippen molar-refractivity contribution in [3.63, 3.8) is 0 Å². The zero-order valence-electron chi connectivity index (χ0n) is 10.5. The first-order valence-electron chi connectivity index (χ1n) is 6.48. The van der Waals surface area contributed by atoms with Gasteiger partial charge in [0.25, 0.3) is 0 Å². The molecule has 3 nitrogen and oxygen atoms in total. The smallest absolute Gasteiger partial charge is 0.119 e. The number of hydrogen-bond acceptors (Lipinski definition) is 3. The summed E-state index contributed by atoms with van der Waals surface area (Å²) in [5, 5.41) is 0. The molecule has 0 spiro atoms. The number of halogens is 1. The van der Waals surface area contributed by atoms with Crippen molar-refractivity contribution >= 4 is 15.9 Å². The molecule has 0 atom stereocenters. The van der Waals surface area contributed by atoms with Crippen LogP contribution in [0.4, 0.5) is 0 Å². The Kier molecular flexibility index (Phi) is 5.47. The average Bonchev–Trinajstić information content (AvgIpc) is 2.41. The molecule has 4 heteroatoms. The van der Waals surface area contributed by atoms with Crippen LogP contribution in [0.5, 0.6) is 5.75 Å².